The van der Waals surface area contributed by atoms with Crippen molar-refractivity contribution in [3.63, 3.8) is 0 Å². The van der Waals surface area contributed by atoms with Gasteiger partial charge in [-0.2, -0.15) is 0 Å². The first-order chi connectivity index (χ1) is 7.06. The Bertz CT molecular complexity index is 368. The number of carboxylic acid groups (broad SMARTS) is 1. The normalized spacial score (nSPS) is 12.2. The molecule has 5 heteroatoms. The van der Waals surface area contributed by atoms with E-state index < -0.39 is 12.0 Å². The highest BCUT2D eigenvalue weighted by Gasteiger charge is 2.15. The van der Waals surface area contributed by atoms with Crippen molar-refractivity contribution in [2.24, 2.45) is 5.73 Å². The smallest absolute Gasteiger partial charge is 0.325 e. The first kappa shape index (κ1) is 11.8. The SMILES string of the molecule is CCOc1ccc(C(N)C(=O)O)cc1Cl. The van der Waals surface area contributed by atoms with Gasteiger partial charge in [-0.25, -0.2) is 0 Å². The highest BCUT2D eigenvalue weighted by atomic mass is 35.5. The number of rotatable bonds is 4. The summed E-state index contributed by atoms with van der Waals surface area (Å²) in [6, 6.07) is 3.66. The van der Waals surface area contributed by atoms with Gasteiger partial charge in [-0.05, 0) is 24.6 Å². The molecule has 0 spiro atoms. The zero-order valence-corrected chi connectivity index (χ0v) is 8.99. The first-order valence-corrected chi connectivity index (χ1v) is 4.84. The lowest BCUT2D eigenvalue weighted by atomic mass is 10.1. The third-order valence-electron chi connectivity index (χ3n) is 1.88. The maximum absolute atomic E-state index is 10.6. The van der Waals surface area contributed by atoms with E-state index in [0.717, 1.165) is 0 Å². The van der Waals surface area contributed by atoms with E-state index in [1.807, 2.05) is 6.92 Å². The largest absolute Gasteiger partial charge is 0.492 e. The minimum Gasteiger partial charge on any atom is -0.492 e. The van der Waals surface area contributed by atoms with Gasteiger partial charge in [0, 0.05) is 0 Å². The summed E-state index contributed by atoms with van der Waals surface area (Å²) in [5.74, 6) is -0.560. The van der Waals surface area contributed by atoms with Crippen molar-refractivity contribution < 1.29 is 14.6 Å². The molecule has 1 atom stereocenters. The van der Waals surface area contributed by atoms with Crippen LogP contribution >= 0.6 is 11.6 Å². The van der Waals surface area contributed by atoms with Crippen molar-refractivity contribution in [3.05, 3.63) is 28.8 Å². The molecule has 0 aliphatic heterocycles. The van der Waals surface area contributed by atoms with Crippen LogP contribution in [-0.2, 0) is 4.79 Å². The second-order valence-electron chi connectivity index (χ2n) is 2.94. The Hall–Kier alpha value is -1.26. The van der Waals surface area contributed by atoms with Crippen LogP contribution in [0.25, 0.3) is 0 Å². The summed E-state index contributed by atoms with van der Waals surface area (Å²) in [6.45, 7) is 2.34. The van der Waals surface area contributed by atoms with Gasteiger partial charge in [-0.1, -0.05) is 17.7 Å². The molecule has 1 aromatic carbocycles. The van der Waals surface area contributed by atoms with E-state index in [0.29, 0.717) is 22.9 Å². The van der Waals surface area contributed by atoms with Crippen LogP contribution in [0, 0.1) is 0 Å². The Morgan fingerprint density at radius 1 is 1.67 bits per heavy atom. The van der Waals surface area contributed by atoms with Gasteiger partial charge in [0.25, 0.3) is 0 Å². The number of halogens is 1. The Kier molecular flexibility index (Phi) is 3.94. The molecule has 15 heavy (non-hydrogen) atoms. The summed E-state index contributed by atoms with van der Waals surface area (Å²) in [7, 11) is 0. The highest BCUT2D eigenvalue weighted by molar-refractivity contribution is 6.32. The van der Waals surface area contributed by atoms with Gasteiger partial charge in [0.05, 0.1) is 11.6 Å². The average molecular weight is 230 g/mol. The lowest BCUT2D eigenvalue weighted by Crippen LogP contribution is -2.20. The second kappa shape index (κ2) is 5.00. The molecule has 1 rings (SSSR count). The van der Waals surface area contributed by atoms with E-state index in [4.69, 9.17) is 27.2 Å². The van der Waals surface area contributed by atoms with E-state index in [-0.39, 0.29) is 0 Å². The third-order valence-corrected chi connectivity index (χ3v) is 2.18. The van der Waals surface area contributed by atoms with Crippen molar-refractivity contribution in [2.75, 3.05) is 6.61 Å². The molecular formula is C10H12ClNO3. The lowest BCUT2D eigenvalue weighted by molar-refractivity contribution is -0.138. The van der Waals surface area contributed by atoms with Crippen LogP contribution in [-0.4, -0.2) is 17.7 Å². The maximum Gasteiger partial charge on any atom is 0.325 e. The molecular weight excluding hydrogens is 218 g/mol. The van der Waals surface area contributed by atoms with Gasteiger partial charge < -0.3 is 15.6 Å². The topological polar surface area (TPSA) is 72.5 Å². The van der Waals surface area contributed by atoms with Gasteiger partial charge in [0.2, 0.25) is 0 Å². The van der Waals surface area contributed by atoms with Crippen molar-refractivity contribution in [1.82, 2.24) is 0 Å². The number of benzene rings is 1. The zero-order valence-electron chi connectivity index (χ0n) is 8.24. The number of hydrogen-bond acceptors (Lipinski definition) is 3. The zero-order chi connectivity index (χ0) is 11.4. The van der Waals surface area contributed by atoms with Gasteiger partial charge >= 0.3 is 5.97 Å². The summed E-state index contributed by atoms with van der Waals surface area (Å²) in [6.07, 6.45) is 0. The molecule has 0 bridgehead atoms. The summed E-state index contributed by atoms with van der Waals surface area (Å²) >= 11 is 5.88. The summed E-state index contributed by atoms with van der Waals surface area (Å²) in [5.41, 5.74) is 5.89. The van der Waals surface area contributed by atoms with Crippen LogP contribution in [0.5, 0.6) is 5.75 Å². The predicted molar refractivity (Wildman–Crippen MR) is 57.2 cm³/mol. The van der Waals surface area contributed by atoms with Crippen LogP contribution in [0.15, 0.2) is 18.2 Å². The molecule has 0 aromatic heterocycles. The van der Waals surface area contributed by atoms with Gasteiger partial charge in [-0.15, -0.1) is 0 Å². The molecule has 82 valence electrons. The number of aliphatic carboxylic acids is 1. The molecule has 0 heterocycles. The van der Waals surface area contributed by atoms with Gasteiger partial charge in [0.1, 0.15) is 11.8 Å². The molecule has 0 aliphatic rings. The number of nitrogens with two attached hydrogens (primary N) is 1. The quantitative estimate of drug-likeness (QED) is 0.826. The van der Waals surface area contributed by atoms with E-state index in [2.05, 4.69) is 0 Å². The second-order valence-corrected chi connectivity index (χ2v) is 3.35. The van der Waals surface area contributed by atoms with Crippen molar-refractivity contribution in [3.8, 4) is 5.75 Å². The Labute approximate surface area is 92.6 Å². The van der Waals surface area contributed by atoms with Gasteiger partial charge in [-0.3, -0.25) is 4.79 Å². The van der Waals surface area contributed by atoms with Crippen LogP contribution in [0.4, 0.5) is 0 Å². The molecule has 0 aliphatic carbocycles. The Morgan fingerprint density at radius 3 is 2.80 bits per heavy atom. The molecule has 0 radical (unpaired) electrons. The number of carboxylic acids is 1. The van der Waals surface area contributed by atoms with E-state index >= 15 is 0 Å². The fourth-order valence-corrected chi connectivity index (χ4v) is 1.37. The van der Waals surface area contributed by atoms with E-state index in [9.17, 15) is 4.79 Å². The number of hydrogen-bond donors (Lipinski definition) is 2. The fraction of sp³-hybridized carbons (Fsp3) is 0.300. The minimum atomic E-state index is -1.09. The molecule has 1 aromatic rings. The van der Waals surface area contributed by atoms with Crippen molar-refractivity contribution >= 4 is 17.6 Å². The van der Waals surface area contributed by atoms with Crippen LogP contribution in [0.2, 0.25) is 5.02 Å². The average Bonchev–Trinajstić information content (AvgIpc) is 2.20. The standard InChI is InChI=1S/C10H12ClNO3/c1-2-15-8-4-3-6(5-7(8)11)9(12)10(13)14/h3-5,9H,2,12H2,1H3,(H,13,14). The molecule has 0 saturated heterocycles. The Balaban J connectivity index is 2.95. The maximum atomic E-state index is 10.6. The summed E-state index contributed by atoms with van der Waals surface area (Å²) in [4.78, 5) is 10.6. The van der Waals surface area contributed by atoms with Gasteiger partial charge in [0.15, 0.2) is 0 Å². The minimum absolute atomic E-state index is 0.367. The third kappa shape index (κ3) is 2.84. The molecule has 4 nitrogen and oxygen atoms in total. The molecule has 0 amide bonds. The van der Waals surface area contributed by atoms with Crippen LogP contribution < -0.4 is 10.5 Å². The molecule has 3 N–H and O–H groups in total. The van der Waals surface area contributed by atoms with E-state index in [1.165, 1.54) is 6.07 Å². The first-order valence-electron chi connectivity index (χ1n) is 4.47. The lowest BCUT2D eigenvalue weighted by Gasteiger charge is -2.10. The monoisotopic (exact) mass is 229 g/mol. The molecule has 0 saturated carbocycles. The number of ether oxygens (including phenoxy) is 1. The Morgan fingerprint density at radius 2 is 2.33 bits per heavy atom. The van der Waals surface area contributed by atoms with Crippen molar-refractivity contribution in [2.45, 2.75) is 13.0 Å². The fourth-order valence-electron chi connectivity index (χ4n) is 1.13. The predicted octanol–water partition coefficient (Wildman–Crippen LogP) is 1.82. The molecule has 0 fully saturated rings. The van der Waals surface area contributed by atoms with Crippen LogP contribution in [0.1, 0.15) is 18.5 Å². The summed E-state index contributed by atoms with van der Waals surface area (Å²) < 4.78 is 5.21. The highest BCUT2D eigenvalue weighted by Crippen LogP contribution is 2.27. The van der Waals surface area contributed by atoms with E-state index in [1.54, 1.807) is 12.1 Å². The number of carbonyl (C=O) groups is 1. The summed E-state index contributed by atoms with van der Waals surface area (Å²) in [5, 5.41) is 9.07. The van der Waals surface area contributed by atoms with Crippen molar-refractivity contribution in [1.29, 1.82) is 0 Å². The molecule has 1 unspecified atom stereocenters. The van der Waals surface area contributed by atoms with Crippen LogP contribution in [0.3, 0.4) is 0 Å².